The van der Waals surface area contributed by atoms with E-state index >= 15 is 0 Å². The smallest absolute Gasteiger partial charge is 0.203 e. The van der Waals surface area contributed by atoms with Gasteiger partial charge in [0.05, 0.1) is 27.0 Å². The van der Waals surface area contributed by atoms with Crippen molar-refractivity contribution in [2.24, 2.45) is 5.16 Å². The van der Waals surface area contributed by atoms with Crippen LogP contribution in [0.3, 0.4) is 0 Å². The molecule has 26 heavy (non-hydrogen) atoms. The molecule has 6 heteroatoms. The van der Waals surface area contributed by atoms with Gasteiger partial charge in [0.25, 0.3) is 0 Å². The topological polar surface area (TPSA) is 65.1 Å². The first-order valence-corrected chi connectivity index (χ1v) is 8.33. The van der Waals surface area contributed by atoms with Crippen LogP contribution in [0, 0.1) is 0 Å². The van der Waals surface area contributed by atoms with E-state index in [2.05, 4.69) is 34.4 Å². The maximum atomic E-state index is 5.70. The first-order valence-electron chi connectivity index (χ1n) is 8.33. The van der Waals surface area contributed by atoms with Crippen molar-refractivity contribution in [1.29, 1.82) is 0 Å². The van der Waals surface area contributed by atoms with E-state index in [0.29, 0.717) is 23.7 Å². The largest absolute Gasteiger partial charge is 0.493 e. The Bertz CT molecular complexity index is 952. The standard InChI is InChI=1S/C20H20N2O4/c1-23-18-9-14(10-19(24-2)20(18)25-3)16-11-17(26-22-16)13-4-5-15-12(8-13)6-7-21-15/h4-10,17,21H,11H2,1-3H3. The maximum absolute atomic E-state index is 5.70. The van der Waals surface area contributed by atoms with E-state index < -0.39 is 0 Å². The van der Waals surface area contributed by atoms with E-state index in [1.807, 2.05) is 18.3 Å². The van der Waals surface area contributed by atoms with Gasteiger partial charge in [-0.25, -0.2) is 0 Å². The molecule has 0 radical (unpaired) electrons. The van der Waals surface area contributed by atoms with E-state index in [1.54, 1.807) is 21.3 Å². The van der Waals surface area contributed by atoms with Gasteiger partial charge in [-0.2, -0.15) is 0 Å². The second-order valence-corrected chi connectivity index (χ2v) is 6.07. The zero-order valence-corrected chi connectivity index (χ0v) is 14.9. The molecule has 0 saturated heterocycles. The summed E-state index contributed by atoms with van der Waals surface area (Å²) in [5, 5.41) is 5.45. The molecule has 1 unspecified atom stereocenters. The van der Waals surface area contributed by atoms with E-state index in [1.165, 1.54) is 0 Å². The fourth-order valence-corrected chi connectivity index (χ4v) is 3.25. The summed E-state index contributed by atoms with van der Waals surface area (Å²) in [5.41, 5.74) is 3.95. The lowest BCUT2D eigenvalue weighted by molar-refractivity contribution is 0.0858. The number of hydrogen-bond acceptors (Lipinski definition) is 5. The summed E-state index contributed by atoms with van der Waals surface area (Å²) in [6.45, 7) is 0. The highest BCUT2D eigenvalue weighted by atomic mass is 16.6. The minimum Gasteiger partial charge on any atom is -0.493 e. The van der Waals surface area contributed by atoms with Crippen molar-refractivity contribution in [3.05, 3.63) is 53.7 Å². The van der Waals surface area contributed by atoms with Crippen molar-refractivity contribution in [2.45, 2.75) is 12.5 Å². The lowest BCUT2D eigenvalue weighted by Crippen LogP contribution is -2.04. The first kappa shape index (κ1) is 16.3. The predicted molar refractivity (Wildman–Crippen MR) is 99.4 cm³/mol. The van der Waals surface area contributed by atoms with Crippen molar-refractivity contribution in [1.82, 2.24) is 4.98 Å². The SMILES string of the molecule is COc1cc(C2=NOC(c3ccc4[nH]ccc4c3)C2)cc(OC)c1OC. The molecule has 1 aromatic heterocycles. The maximum Gasteiger partial charge on any atom is 0.203 e. The summed E-state index contributed by atoms with van der Waals surface area (Å²) in [6, 6.07) is 12.1. The van der Waals surface area contributed by atoms with Crippen LogP contribution in [0.2, 0.25) is 0 Å². The lowest BCUT2D eigenvalue weighted by atomic mass is 9.99. The predicted octanol–water partition coefficient (Wildman–Crippen LogP) is 4.06. The van der Waals surface area contributed by atoms with Gasteiger partial charge in [-0.3, -0.25) is 0 Å². The Hall–Kier alpha value is -3.15. The highest BCUT2D eigenvalue weighted by Gasteiger charge is 2.26. The summed E-state index contributed by atoms with van der Waals surface area (Å²) in [6.07, 6.45) is 2.50. The summed E-state index contributed by atoms with van der Waals surface area (Å²) in [4.78, 5) is 8.90. The molecule has 2 heterocycles. The number of aromatic nitrogens is 1. The number of ether oxygens (including phenoxy) is 3. The van der Waals surface area contributed by atoms with Gasteiger partial charge in [-0.15, -0.1) is 0 Å². The van der Waals surface area contributed by atoms with E-state index in [-0.39, 0.29) is 6.10 Å². The molecular weight excluding hydrogens is 332 g/mol. The number of benzene rings is 2. The van der Waals surface area contributed by atoms with Crippen LogP contribution in [0.4, 0.5) is 0 Å². The summed E-state index contributed by atoms with van der Waals surface area (Å²) in [7, 11) is 4.79. The van der Waals surface area contributed by atoms with Crippen LogP contribution in [0.15, 0.2) is 47.8 Å². The average Bonchev–Trinajstić information content (AvgIpc) is 3.35. The summed E-state index contributed by atoms with van der Waals surface area (Å²) < 4.78 is 16.2. The van der Waals surface area contributed by atoms with E-state index in [0.717, 1.165) is 27.7 Å². The monoisotopic (exact) mass is 352 g/mol. The van der Waals surface area contributed by atoms with Gasteiger partial charge in [0.15, 0.2) is 17.6 Å². The molecule has 1 atom stereocenters. The van der Waals surface area contributed by atoms with Crippen molar-refractivity contribution < 1.29 is 19.0 Å². The summed E-state index contributed by atoms with van der Waals surface area (Å²) in [5.74, 6) is 1.76. The van der Waals surface area contributed by atoms with Crippen LogP contribution in [-0.2, 0) is 4.84 Å². The van der Waals surface area contributed by atoms with Crippen molar-refractivity contribution in [2.75, 3.05) is 21.3 Å². The van der Waals surface area contributed by atoms with Gasteiger partial charge in [0.2, 0.25) is 5.75 Å². The third-order valence-corrected chi connectivity index (χ3v) is 4.62. The Morgan fingerprint density at radius 1 is 1.00 bits per heavy atom. The molecule has 0 fully saturated rings. The molecule has 0 saturated carbocycles. The number of oxime groups is 1. The van der Waals surface area contributed by atoms with Gasteiger partial charge in [-0.05, 0) is 41.3 Å². The second kappa shape index (κ2) is 6.63. The molecular formula is C20H20N2O4. The third kappa shape index (κ3) is 2.73. The fourth-order valence-electron chi connectivity index (χ4n) is 3.25. The van der Waals surface area contributed by atoms with Crippen molar-refractivity contribution in [3.63, 3.8) is 0 Å². The molecule has 1 N–H and O–H groups in total. The third-order valence-electron chi connectivity index (χ3n) is 4.62. The molecule has 1 aliphatic rings. The molecule has 0 aliphatic carbocycles. The minimum absolute atomic E-state index is 0.108. The number of methoxy groups -OCH3 is 3. The zero-order valence-electron chi connectivity index (χ0n) is 14.9. The number of rotatable bonds is 5. The van der Waals surface area contributed by atoms with Crippen LogP contribution in [0.25, 0.3) is 10.9 Å². The number of nitrogens with one attached hydrogen (secondary N) is 1. The number of nitrogens with zero attached hydrogens (tertiary/aromatic N) is 1. The molecule has 0 bridgehead atoms. The highest BCUT2D eigenvalue weighted by Crippen LogP contribution is 2.40. The minimum atomic E-state index is -0.108. The van der Waals surface area contributed by atoms with E-state index in [9.17, 15) is 0 Å². The molecule has 2 aromatic carbocycles. The number of aromatic amines is 1. The van der Waals surface area contributed by atoms with Crippen LogP contribution in [0.5, 0.6) is 17.2 Å². The van der Waals surface area contributed by atoms with Gasteiger partial charge in [-0.1, -0.05) is 11.2 Å². The molecule has 3 aromatic rings. The van der Waals surface area contributed by atoms with Gasteiger partial charge in [0.1, 0.15) is 0 Å². The Kier molecular flexibility index (Phi) is 4.16. The van der Waals surface area contributed by atoms with Gasteiger partial charge >= 0.3 is 0 Å². The quantitative estimate of drug-likeness (QED) is 0.752. The van der Waals surface area contributed by atoms with Crippen LogP contribution >= 0.6 is 0 Å². The number of fused-ring (bicyclic) bond motifs is 1. The number of hydrogen-bond donors (Lipinski definition) is 1. The molecule has 4 rings (SSSR count). The molecule has 1 aliphatic heterocycles. The van der Waals surface area contributed by atoms with Crippen molar-refractivity contribution >= 4 is 16.6 Å². The molecule has 0 spiro atoms. The summed E-state index contributed by atoms with van der Waals surface area (Å²) >= 11 is 0. The second-order valence-electron chi connectivity index (χ2n) is 6.07. The average molecular weight is 352 g/mol. The van der Waals surface area contributed by atoms with E-state index in [4.69, 9.17) is 19.0 Å². The zero-order chi connectivity index (χ0) is 18.1. The number of H-pyrrole nitrogens is 1. The van der Waals surface area contributed by atoms with Crippen LogP contribution in [-0.4, -0.2) is 32.0 Å². The van der Waals surface area contributed by atoms with Crippen LogP contribution in [0.1, 0.15) is 23.7 Å². The van der Waals surface area contributed by atoms with Crippen molar-refractivity contribution in [3.8, 4) is 17.2 Å². The highest BCUT2D eigenvalue weighted by molar-refractivity contribution is 6.02. The molecule has 134 valence electrons. The lowest BCUT2D eigenvalue weighted by Gasteiger charge is -2.14. The fraction of sp³-hybridized carbons (Fsp3) is 0.250. The Balaban J connectivity index is 1.61. The Labute approximate surface area is 151 Å². The molecule has 0 amide bonds. The Morgan fingerprint density at radius 2 is 1.77 bits per heavy atom. The normalized spacial score (nSPS) is 16.3. The van der Waals surface area contributed by atoms with Gasteiger partial charge in [0, 0.05) is 23.7 Å². The first-order chi connectivity index (χ1) is 12.7. The van der Waals surface area contributed by atoms with Crippen LogP contribution < -0.4 is 14.2 Å². The Morgan fingerprint density at radius 3 is 2.46 bits per heavy atom. The van der Waals surface area contributed by atoms with Gasteiger partial charge < -0.3 is 24.0 Å². The molecule has 6 nitrogen and oxygen atoms in total.